The fraction of sp³-hybridized carbons (Fsp3) is 0.438. The van der Waals surface area contributed by atoms with Crippen LogP contribution in [0, 0.1) is 11.7 Å². The Morgan fingerprint density at radius 1 is 1.14 bits per heavy atom. The van der Waals surface area contributed by atoms with E-state index in [9.17, 15) is 17.6 Å². The smallest absolute Gasteiger partial charge is 0.230 e. The Hall–Kier alpha value is -1.69. The van der Waals surface area contributed by atoms with Gasteiger partial charge >= 0.3 is 0 Å². The molecule has 22 heavy (non-hydrogen) atoms. The Labute approximate surface area is 129 Å². The zero-order valence-electron chi connectivity index (χ0n) is 12.1. The van der Waals surface area contributed by atoms with E-state index < -0.39 is 15.9 Å². The summed E-state index contributed by atoms with van der Waals surface area (Å²) in [6, 6.07) is 5.13. The molecule has 2 aliphatic rings. The number of benzene rings is 1. The number of anilines is 1. The Kier molecular flexibility index (Phi) is 4.04. The molecule has 0 bridgehead atoms. The molecule has 0 spiro atoms. The predicted octanol–water partition coefficient (Wildman–Crippen LogP) is 2.66. The maximum Gasteiger partial charge on any atom is 0.230 e. The number of carbonyl (C=O) groups is 1. The van der Waals surface area contributed by atoms with Crippen LogP contribution in [0.3, 0.4) is 0 Å². The molecule has 0 saturated heterocycles. The number of hydrogen-bond acceptors (Lipinski definition) is 3. The van der Waals surface area contributed by atoms with Gasteiger partial charge < -0.3 is 4.90 Å². The third-order valence-electron chi connectivity index (χ3n) is 4.29. The van der Waals surface area contributed by atoms with Crippen LogP contribution in [0.2, 0.25) is 0 Å². The Morgan fingerprint density at radius 3 is 2.32 bits per heavy atom. The van der Waals surface area contributed by atoms with E-state index in [0.29, 0.717) is 5.69 Å². The van der Waals surface area contributed by atoms with E-state index in [4.69, 9.17) is 0 Å². The SMILES string of the molecule is O=C(C1CCCC1)N(c1ccc(F)cc1)C1C=CS(=O)(=O)C1. The number of nitrogens with zero attached hydrogens (tertiary/aromatic N) is 1. The van der Waals surface area contributed by atoms with Crippen molar-refractivity contribution >= 4 is 21.4 Å². The normalized spacial score (nSPS) is 23.8. The lowest BCUT2D eigenvalue weighted by molar-refractivity contribution is -0.122. The van der Waals surface area contributed by atoms with Gasteiger partial charge in [0.1, 0.15) is 5.82 Å². The van der Waals surface area contributed by atoms with Crippen molar-refractivity contribution in [3.05, 3.63) is 41.6 Å². The summed E-state index contributed by atoms with van der Waals surface area (Å²) in [6.07, 6.45) is 5.25. The molecule has 1 aliphatic heterocycles. The standard InChI is InChI=1S/C16H18FNO3S/c17-13-5-7-14(8-6-13)18(15-9-10-22(20,21)11-15)16(19)12-3-1-2-4-12/h5-10,12,15H,1-4,11H2. The van der Waals surface area contributed by atoms with Gasteiger partial charge in [-0.1, -0.05) is 12.8 Å². The van der Waals surface area contributed by atoms with E-state index in [1.165, 1.54) is 29.2 Å². The molecule has 4 nitrogen and oxygen atoms in total. The maximum absolute atomic E-state index is 13.1. The highest BCUT2D eigenvalue weighted by Crippen LogP contribution is 2.31. The van der Waals surface area contributed by atoms with Crippen LogP contribution in [0.1, 0.15) is 25.7 Å². The molecule has 1 aromatic rings. The van der Waals surface area contributed by atoms with Gasteiger partial charge in [-0.05, 0) is 43.2 Å². The lowest BCUT2D eigenvalue weighted by Gasteiger charge is -2.30. The van der Waals surface area contributed by atoms with Gasteiger partial charge in [0.2, 0.25) is 5.91 Å². The molecule has 118 valence electrons. The summed E-state index contributed by atoms with van der Waals surface area (Å²) in [4.78, 5) is 14.4. The first-order chi connectivity index (χ1) is 10.5. The summed E-state index contributed by atoms with van der Waals surface area (Å²) in [7, 11) is -3.26. The molecule has 1 unspecified atom stereocenters. The minimum absolute atomic E-state index is 0.0594. The average Bonchev–Trinajstić information content (AvgIpc) is 3.11. The van der Waals surface area contributed by atoms with Gasteiger partial charge in [-0.25, -0.2) is 12.8 Å². The van der Waals surface area contributed by atoms with E-state index in [-0.39, 0.29) is 23.4 Å². The molecule has 1 aromatic carbocycles. The molecule has 1 atom stereocenters. The Bertz CT molecular complexity index is 691. The van der Waals surface area contributed by atoms with Gasteiger partial charge in [0, 0.05) is 17.0 Å². The minimum Gasteiger partial charge on any atom is -0.304 e. The van der Waals surface area contributed by atoms with Crippen molar-refractivity contribution in [2.75, 3.05) is 10.7 Å². The van der Waals surface area contributed by atoms with Crippen molar-refractivity contribution in [1.82, 2.24) is 0 Å². The molecule has 1 heterocycles. The van der Waals surface area contributed by atoms with E-state index in [1.54, 1.807) is 6.08 Å². The van der Waals surface area contributed by atoms with Gasteiger partial charge in [0.05, 0.1) is 11.8 Å². The highest BCUT2D eigenvalue weighted by Gasteiger charge is 2.35. The van der Waals surface area contributed by atoms with E-state index in [2.05, 4.69) is 0 Å². The molecule has 1 saturated carbocycles. The molecule has 0 aromatic heterocycles. The Morgan fingerprint density at radius 2 is 1.77 bits per heavy atom. The third kappa shape index (κ3) is 3.06. The number of carbonyl (C=O) groups excluding carboxylic acids is 1. The van der Waals surface area contributed by atoms with E-state index in [0.717, 1.165) is 31.1 Å². The van der Waals surface area contributed by atoms with Crippen LogP contribution in [-0.4, -0.2) is 26.1 Å². The lowest BCUT2D eigenvalue weighted by Crippen LogP contribution is -2.44. The Balaban J connectivity index is 1.93. The topological polar surface area (TPSA) is 54.5 Å². The van der Waals surface area contributed by atoms with Crippen LogP contribution in [0.25, 0.3) is 0 Å². The van der Waals surface area contributed by atoms with E-state index >= 15 is 0 Å². The first-order valence-corrected chi connectivity index (χ1v) is 9.17. The predicted molar refractivity (Wildman–Crippen MR) is 82.6 cm³/mol. The number of sulfone groups is 1. The van der Waals surface area contributed by atoms with Gasteiger partial charge in [0.15, 0.2) is 9.84 Å². The summed E-state index contributed by atoms with van der Waals surface area (Å²) in [6.45, 7) is 0. The monoisotopic (exact) mass is 323 g/mol. The van der Waals surface area contributed by atoms with Crippen LogP contribution < -0.4 is 4.90 Å². The van der Waals surface area contributed by atoms with Crippen molar-refractivity contribution in [2.45, 2.75) is 31.7 Å². The summed E-state index contributed by atoms with van der Waals surface area (Å²) in [5.74, 6) is -0.618. The van der Waals surface area contributed by atoms with Crippen LogP contribution in [-0.2, 0) is 14.6 Å². The number of halogens is 1. The molecule has 1 aliphatic carbocycles. The zero-order valence-corrected chi connectivity index (χ0v) is 12.9. The lowest BCUT2D eigenvalue weighted by atomic mass is 10.0. The van der Waals surface area contributed by atoms with Crippen LogP contribution in [0.15, 0.2) is 35.7 Å². The van der Waals surface area contributed by atoms with Crippen molar-refractivity contribution in [3.63, 3.8) is 0 Å². The van der Waals surface area contributed by atoms with Crippen LogP contribution in [0.4, 0.5) is 10.1 Å². The largest absolute Gasteiger partial charge is 0.304 e. The van der Waals surface area contributed by atoms with Crippen LogP contribution in [0.5, 0.6) is 0 Å². The summed E-state index contributed by atoms with van der Waals surface area (Å²) >= 11 is 0. The highest BCUT2D eigenvalue weighted by atomic mass is 32.2. The molecule has 3 rings (SSSR count). The molecule has 1 amide bonds. The molecular weight excluding hydrogens is 305 g/mol. The van der Waals surface area contributed by atoms with Crippen LogP contribution >= 0.6 is 0 Å². The zero-order chi connectivity index (χ0) is 15.7. The number of amides is 1. The summed E-state index contributed by atoms with van der Waals surface area (Å²) < 4.78 is 36.5. The molecule has 0 radical (unpaired) electrons. The van der Waals surface area contributed by atoms with Gasteiger partial charge in [-0.2, -0.15) is 0 Å². The first kappa shape index (κ1) is 15.2. The second-order valence-electron chi connectivity index (χ2n) is 5.89. The fourth-order valence-electron chi connectivity index (χ4n) is 3.17. The summed E-state index contributed by atoms with van der Waals surface area (Å²) in [5.41, 5.74) is 0.546. The highest BCUT2D eigenvalue weighted by molar-refractivity contribution is 7.94. The maximum atomic E-state index is 13.1. The first-order valence-electron chi connectivity index (χ1n) is 7.46. The van der Waals surface area contributed by atoms with Gasteiger partial charge in [0.25, 0.3) is 0 Å². The van der Waals surface area contributed by atoms with Gasteiger partial charge in [-0.15, -0.1) is 0 Å². The molecule has 6 heteroatoms. The second-order valence-corrected chi connectivity index (χ2v) is 7.82. The quantitative estimate of drug-likeness (QED) is 0.859. The number of rotatable bonds is 3. The molecule has 0 N–H and O–H groups in total. The summed E-state index contributed by atoms with van der Waals surface area (Å²) in [5, 5.41) is 1.16. The van der Waals surface area contributed by atoms with Crippen molar-refractivity contribution < 1.29 is 17.6 Å². The average molecular weight is 323 g/mol. The third-order valence-corrected chi connectivity index (χ3v) is 5.67. The number of hydrogen-bond donors (Lipinski definition) is 0. The molecular formula is C16H18FNO3S. The minimum atomic E-state index is -3.26. The van der Waals surface area contributed by atoms with Crippen molar-refractivity contribution in [3.8, 4) is 0 Å². The van der Waals surface area contributed by atoms with Crippen molar-refractivity contribution in [1.29, 1.82) is 0 Å². The molecule has 1 fully saturated rings. The second kappa shape index (κ2) is 5.83. The van der Waals surface area contributed by atoms with Crippen molar-refractivity contribution in [2.24, 2.45) is 5.92 Å². The fourth-order valence-corrected chi connectivity index (χ4v) is 4.44. The van der Waals surface area contributed by atoms with Gasteiger partial charge in [-0.3, -0.25) is 4.79 Å². The van der Waals surface area contributed by atoms with E-state index in [1.807, 2.05) is 0 Å².